The van der Waals surface area contributed by atoms with E-state index in [1.54, 1.807) is 24.4 Å². The van der Waals surface area contributed by atoms with Crippen molar-refractivity contribution in [1.82, 2.24) is 10.3 Å². The summed E-state index contributed by atoms with van der Waals surface area (Å²) in [6.07, 6.45) is 2.89. The molecule has 2 aromatic carbocycles. The van der Waals surface area contributed by atoms with Crippen molar-refractivity contribution in [1.29, 1.82) is 0 Å². The molecule has 0 fully saturated rings. The van der Waals surface area contributed by atoms with Crippen LogP contribution < -0.4 is 15.4 Å². The first-order valence-electron chi connectivity index (χ1n) is 8.66. The van der Waals surface area contributed by atoms with E-state index in [0.29, 0.717) is 22.8 Å². The second-order valence-electron chi connectivity index (χ2n) is 6.68. The minimum absolute atomic E-state index is 0.429. The van der Waals surface area contributed by atoms with Crippen molar-refractivity contribution in [2.75, 3.05) is 12.4 Å². The zero-order valence-corrected chi connectivity index (χ0v) is 15.9. The van der Waals surface area contributed by atoms with Crippen LogP contribution in [0.15, 0.2) is 65.5 Å². The molecule has 1 aromatic heterocycles. The highest BCUT2D eigenvalue weighted by molar-refractivity contribution is 6.39. The first-order chi connectivity index (χ1) is 13.4. The number of ether oxygens (including phenoxy) is 1. The van der Waals surface area contributed by atoms with Crippen LogP contribution in [0.25, 0.3) is 11.3 Å². The average molecular weight is 379 g/mol. The van der Waals surface area contributed by atoms with Crippen LogP contribution in [-0.4, -0.2) is 23.9 Å². The fraction of sp³-hybridized carbons (Fsp3) is 0.190. The Morgan fingerprint density at radius 3 is 2.46 bits per heavy atom. The fourth-order valence-electron chi connectivity index (χ4n) is 2.78. The van der Waals surface area contributed by atoms with Gasteiger partial charge in [0.1, 0.15) is 5.75 Å². The summed E-state index contributed by atoms with van der Waals surface area (Å²) in [5.74, 6) is -0.470. The monoisotopic (exact) mass is 379 g/mol. The van der Waals surface area contributed by atoms with Crippen LogP contribution in [0.1, 0.15) is 19.4 Å². The van der Waals surface area contributed by atoms with Crippen molar-refractivity contribution >= 4 is 17.5 Å². The molecule has 0 saturated heterocycles. The number of nitrogens with one attached hydrogen (secondary N) is 2. The molecule has 1 heterocycles. The number of nitrogens with zero attached hydrogens (tertiary/aromatic N) is 1. The van der Waals surface area contributed by atoms with Gasteiger partial charge in [0.15, 0.2) is 12.2 Å². The van der Waals surface area contributed by atoms with Crippen molar-refractivity contribution in [3.05, 3.63) is 66.7 Å². The lowest BCUT2D eigenvalue weighted by atomic mass is 9.94. The van der Waals surface area contributed by atoms with Gasteiger partial charge in [-0.15, -0.1) is 0 Å². The smallest absolute Gasteiger partial charge is 0.313 e. The summed E-state index contributed by atoms with van der Waals surface area (Å²) in [6.45, 7) is 3.67. The number of carbonyl (C=O) groups excluding carboxylic acids is 2. The Morgan fingerprint density at radius 1 is 1.07 bits per heavy atom. The van der Waals surface area contributed by atoms with Gasteiger partial charge in [0.05, 0.1) is 24.4 Å². The molecule has 28 heavy (non-hydrogen) atoms. The highest BCUT2D eigenvalue weighted by atomic mass is 16.5. The Hall–Kier alpha value is -3.61. The quantitative estimate of drug-likeness (QED) is 0.663. The van der Waals surface area contributed by atoms with Crippen molar-refractivity contribution < 1.29 is 18.7 Å². The largest absolute Gasteiger partial charge is 0.496 e. The summed E-state index contributed by atoms with van der Waals surface area (Å²) in [7, 11) is 1.51. The third kappa shape index (κ3) is 4.20. The maximum absolute atomic E-state index is 12.4. The minimum atomic E-state index is -0.765. The van der Waals surface area contributed by atoms with E-state index in [2.05, 4.69) is 15.6 Å². The summed E-state index contributed by atoms with van der Waals surface area (Å²) >= 11 is 0. The number of methoxy groups -OCH3 is 1. The van der Waals surface area contributed by atoms with Gasteiger partial charge in [0.25, 0.3) is 0 Å². The Morgan fingerprint density at radius 2 is 1.82 bits per heavy atom. The SMILES string of the molecule is COc1cc(NC(=O)C(=O)NC(C)(C)c2ccccc2)ccc1-c1cnco1. The average Bonchev–Trinajstić information content (AvgIpc) is 3.22. The molecule has 0 aliphatic rings. The second-order valence-corrected chi connectivity index (χ2v) is 6.68. The van der Waals surface area contributed by atoms with Crippen LogP contribution in [0.5, 0.6) is 5.75 Å². The van der Waals surface area contributed by atoms with E-state index in [1.807, 2.05) is 44.2 Å². The van der Waals surface area contributed by atoms with Gasteiger partial charge < -0.3 is 19.8 Å². The number of aromatic nitrogens is 1. The molecule has 3 aromatic rings. The van der Waals surface area contributed by atoms with Gasteiger partial charge in [-0.05, 0) is 31.5 Å². The molecular weight excluding hydrogens is 358 g/mol. The third-order valence-corrected chi connectivity index (χ3v) is 4.28. The molecular formula is C21H21N3O4. The van der Waals surface area contributed by atoms with Gasteiger partial charge in [0, 0.05) is 11.8 Å². The number of hydrogen-bond acceptors (Lipinski definition) is 5. The molecule has 0 unspecified atom stereocenters. The normalized spacial score (nSPS) is 11.0. The number of carbonyl (C=O) groups is 2. The van der Waals surface area contributed by atoms with E-state index in [9.17, 15) is 9.59 Å². The Balaban J connectivity index is 1.71. The molecule has 0 bridgehead atoms. The molecule has 2 N–H and O–H groups in total. The lowest BCUT2D eigenvalue weighted by molar-refractivity contribution is -0.137. The predicted molar refractivity (Wildman–Crippen MR) is 105 cm³/mol. The first-order valence-corrected chi connectivity index (χ1v) is 8.66. The van der Waals surface area contributed by atoms with Gasteiger partial charge in [-0.1, -0.05) is 30.3 Å². The number of hydrogen-bond donors (Lipinski definition) is 2. The Labute approximate surface area is 162 Å². The van der Waals surface area contributed by atoms with Crippen molar-refractivity contribution in [3.8, 4) is 17.1 Å². The maximum Gasteiger partial charge on any atom is 0.313 e. The molecule has 144 valence electrons. The minimum Gasteiger partial charge on any atom is -0.496 e. The molecule has 0 spiro atoms. The van der Waals surface area contributed by atoms with Crippen molar-refractivity contribution in [2.24, 2.45) is 0 Å². The number of oxazole rings is 1. The number of rotatable bonds is 5. The summed E-state index contributed by atoms with van der Waals surface area (Å²) in [6, 6.07) is 14.4. The number of anilines is 1. The van der Waals surface area contributed by atoms with Crippen LogP contribution >= 0.6 is 0 Å². The number of amides is 2. The van der Waals surface area contributed by atoms with Crippen LogP contribution in [0, 0.1) is 0 Å². The molecule has 7 nitrogen and oxygen atoms in total. The molecule has 0 radical (unpaired) electrons. The summed E-state index contributed by atoms with van der Waals surface area (Å²) < 4.78 is 10.6. The first kappa shape index (κ1) is 19.2. The third-order valence-electron chi connectivity index (χ3n) is 4.28. The lowest BCUT2D eigenvalue weighted by Crippen LogP contribution is -2.46. The highest BCUT2D eigenvalue weighted by Crippen LogP contribution is 2.32. The zero-order valence-electron chi connectivity index (χ0n) is 15.9. The Kier molecular flexibility index (Phi) is 5.44. The Bertz CT molecular complexity index is 967. The molecule has 0 saturated carbocycles. The highest BCUT2D eigenvalue weighted by Gasteiger charge is 2.26. The van der Waals surface area contributed by atoms with E-state index < -0.39 is 17.4 Å². The van der Waals surface area contributed by atoms with Crippen LogP contribution in [0.2, 0.25) is 0 Å². The van der Waals surface area contributed by atoms with Crippen molar-refractivity contribution in [2.45, 2.75) is 19.4 Å². The molecule has 0 atom stereocenters. The van der Waals surface area contributed by atoms with E-state index in [1.165, 1.54) is 13.5 Å². The van der Waals surface area contributed by atoms with Crippen LogP contribution in [0.4, 0.5) is 5.69 Å². The molecule has 3 rings (SSSR count). The topological polar surface area (TPSA) is 93.5 Å². The summed E-state index contributed by atoms with van der Waals surface area (Å²) in [4.78, 5) is 28.6. The van der Waals surface area contributed by atoms with Crippen molar-refractivity contribution in [3.63, 3.8) is 0 Å². The molecule has 0 aliphatic heterocycles. The van der Waals surface area contributed by atoms with E-state index >= 15 is 0 Å². The van der Waals surface area contributed by atoms with E-state index in [0.717, 1.165) is 5.56 Å². The molecule has 7 heteroatoms. The number of benzene rings is 2. The summed E-state index contributed by atoms with van der Waals surface area (Å²) in [5.41, 5.74) is 1.32. The van der Waals surface area contributed by atoms with Gasteiger partial charge in [-0.25, -0.2) is 4.98 Å². The second kappa shape index (κ2) is 7.96. The molecule has 2 amide bonds. The maximum atomic E-state index is 12.4. The predicted octanol–water partition coefficient (Wildman–Crippen LogP) is 3.34. The standard InChI is InChI=1S/C21H21N3O4/c1-21(2,14-7-5-4-6-8-14)24-20(26)19(25)23-15-9-10-16(17(11-15)27-3)18-12-22-13-28-18/h4-13H,1-3H3,(H,23,25)(H,24,26). The van der Waals surface area contributed by atoms with Gasteiger partial charge in [-0.2, -0.15) is 0 Å². The van der Waals surface area contributed by atoms with Crippen LogP contribution in [-0.2, 0) is 15.1 Å². The summed E-state index contributed by atoms with van der Waals surface area (Å²) in [5, 5.41) is 5.34. The lowest BCUT2D eigenvalue weighted by Gasteiger charge is -2.26. The fourth-order valence-corrected chi connectivity index (χ4v) is 2.78. The van der Waals surface area contributed by atoms with E-state index in [-0.39, 0.29) is 0 Å². The van der Waals surface area contributed by atoms with Gasteiger partial charge in [-0.3, -0.25) is 9.59 Å². The molecule has 0 aliphatic carbocycles. The van der Waals surface area contributed by atoms with E-state index in [4.69, 9.17) is 9.15 Å². The van der Waals surface area contributed by atoms with Gasteiger partial charge in [0.2, 0.25) is 0 Å². The zero-order chi connectivity index (χ0) is 20.1. The van der Waals surface area contributed by atoms with Crippen LogP contribution in [0.3, 0.4) is 0 Å². The van der Waals surface area contributed by atoms with Gasteiger partial charge >= 0.3 is 11.8 Å².